The smallest absolute Gasteiger partial charge is 0.271 e. The fourth-order valence-electron chi connectivity index (χ4n) is 3.61. The van der Waals surface area contributed by atoms with Gasteiger partial charge in [-0.05, 0) is 30.3 Å². The Morgan fingerprint density at radius 1 is 1.03 bits per heavy atom. The van der Waals surface area contributed by atoms with Crippen molar-refractivity contribution in [2.45, 2.75) is 0 Å². The van der Waals surface area contributed by atoms with Gasteiger partial charge in [0.2, 0.25) is 5.95 Å². The first-order chi connectivity index (χ1) is 15.6. The molecule has 5 rings (SSSR count). The van der Waals surface area contributed by atoms with Gasteiger partial charge in [-0.3, -0.25) is 19.9 Å². The molecule has 0 bridgehead atoms. The quantitative estimate of drug-likeness (QED) is 0.496. The molecule has 1 aliphatic rings. The molecule has 0 unspecified atom stereocenters. The molecule has 0 radical (unpaired) electrons. The van der Waals surface area contributed by atoms with E-state index in [9.17, 15) is 9.18 Å². The van der Waals surface area contributed by atoms with Crippen LogP contribution < -0.4 is 15.6 Å². The number of carbonyl (C=O) groups is 1. The Morgan fingerprint density at radius 2 is 1.78 bits per heavy atom. The number of halogens is 2. The van der Waals surface area contributed by atoms with E-state index in [0.717, 1.165) is 43.4 Å². The van der Waals surface area contributed by atoms with Gasteiger partial charge < -0.3 is 10.2 Å². The minimum atomic E-state index is -0.537. The molecule has 10 heteroatoms. The van der Waals surface area contributed by atoms with Crippen molar-refractivity contribution in [3.63, 3.8) is 0 Å². The maximum Gasteiger partial charge on any atom is 0.271 e. The molecule has 1 fully saturated rings. The SMILES string of the molecule is O=C(Nn1ccc2ncc(-c3cnc(N4CCNCC4)nc3)cc21)c1cc(F)ccc1Cl. The van der Waals surface area contributed by atoms with Gasteiger partial charge in [-0.1, -0.05) is 11.6 Å². The number of nitrogens with zero attached hydrogens (tertiary/aromatic N) is 5. The zero-order valence-electron chi connectivity index (χ0n) is 16.9. The van der Waals surface area contributed by atoms with Gasteiger partial charge in [0.1, 0.15) is 5.82 Å². The van der Waals surface area contributed by atoms with Gasteiger partial charge in [-0.15, -0.1) is 0 Å². The number of nitrogens with one attached hydrogen (secondary N) is 2. The Hall–Kier alpha value is -3.56. The molecule has 3 aromatic heterocycles. The molecule has 32 heavy (non-hydrogen) atoms. The number of pyridine rings is 1. The van der Waals surface area contributed by atoms with E-state index in [0.29, 0.717) is 17.0 Å². The fraction of sp³-hybridized carbons (Fsp3) is 0.182. The summed E-state index contributed by atoms with van der Waals surface area (Å²) in [6.45, 7) is 3.56. The molecular formula is C22H19ClFN7O. The lowest BCUT2D eigenvalue weighted by Crippen LogP contribution is -2.44. The largest absolute Gasteiger partial charge is 0.338 e. The van der Waals surface area contributed by atoms with Gasteiger partial charge in [-0.25, -0.2) is 14.4 Å². The second-order valence-electron chi connectivity index (χ2n) is 7.39. The maximum absolute atomic E-state index is 13.6. The Bertz CT molecular complexity index is 1290. The summed E-state index contributed by atoms with van der Waals surface area (Å²) in [7, 11) is 0. The number of rotatable bonds is 4. The van der Waals surface area contributed by atoms with E-state index in [1.807, 2.05) is 6.07 Å². The van der Waals surface area contributed by atoms with Crippen molar-refractivity contribution < 1.29 is 9.18 Å². The van der Waals surface area contributed by atoms with Crippen molar-refractivity contribution in [2.24, 2.45) is 0 Å². The Kier molecular flexibility index (Phi) is 5.42. The van der Waals surface area contributed by atoms with E-state index >= 15 is 0 Å². The highest BCUT2D eigenvalue weighted by Crippen LogP contribution is 2.24. The molecule has 1 amide bonds. The van der Waals surface area contributed by atoms with Crippen LogP contribution in [0, 0.1) is 5.82 Å². The molecular weight excluding hydrogens is 433 g/mol. The maximum atomic E-state index is 13.6. The summed E-state index contributed by atoms with van der Waals surface area (Å²) >= 11 is 6.05. The molecule has 1 saturated heterocycles. The van der Waals surface area contributed by atoms with E-state index in [1.165, 1.54) is 16.8 Å². The zero-order valence-corrected chi connectivity index (χ0v) is 17.7. The molecule has 4 aromatic rings. The van der Waals surface area contributed by atoms with Crippen LogP contribution in [0.4, 0.5) is 10.3 Å². The Labute approximate surface area is 188 Å². The summed E-state index contributed by atoms with van der Waals surface area (Å²) in [4.78, 5) is 28.3. The number of aromatic nitrogens is 4. The summed E-state index contributed by atoms with van der Waals surface area (Å²) in [5.74, 6) is -0.363. The highest BCUT2D eigenvalue weighted by Gasteiger charge is 2.15. The van der Waals surface area contributed by atoms with Gasteiger partial charge >= 0.3 is 0 Å². The van der Waals surface area contributed by atoms with E-state index in [-0.39, 0.29) is 10.6 Å². The normalized spacial score (nSPS) is 14.0. The fourth-order valence-corrected chi connectivity index (χ4v) is 3.81. The monoisotopic (exact) mass is 451 g/mol. The first kappa shape index (κ1) is 20.3. The topological polar surface area (TPSA) is 88.0 Å². The number of amides is 1. The third kappa shape index (κ3) is 4.00. The lowest BCUT2D eigenvalue weighted by Gasteiger charge is -2.27. The first-order valence-electron chi connectivity index (χ1n) is 10.1. The van der Waals surface area contributed by atoms with Crippen molar-refractivity contribution in [3.05, 3.63) is 71.5 Å². The number of carbonyl (C=O) groups excluding carboxylic acids is 1. The number of anilines is 1. The van der Waals surface area contributed by atoms with Gasteiger partial charge in [0, 0.05) is 62.1 Å². The molecule has 8 nitrogen and oxygen atoms in total. The van der Waals surface area contributed by atoms with Gasteiger partial charge in [-0.2, -0.15) is 0 Å². The molecule has 2 N–H and O–H groups in total. The van der Waals surface area contributed by atoms with Gasteiger partial charge in [0.25, 0.3) is 5.91 Å². The molecule has 0 spiro atoms. The molecule has 0 saturated carbocycles. The van der Waals surface area contributed by atoms with Crippen LogP contribution in [0.1, 0.15) is 10.4 Å². The highest BCUT2D eigenvalue weighted by atomic mass is 35.5. The average Bonchev–Trinajstić information content (AvgIpc) is 3.23. The van der Waals surface area contributed by atoms with Crippen LogP contribution in [0.3, 0.4) is 0 Å². The van der Waals surface area contributed by atoms with Crippen LogP contribution in [0.25, 0.3) is 22.2 Å². The number of hydrogen-bond acceptors (Lipinski definition) is 6. The molecule has 0 aliphatic carbocycles. The second-order valence-corrected chi connectivity index (χ2v) is 7.80. The van der Waals surface area contributed by atoms with E-state index in [4.69, 9.17) is 11.6 Å². The molecule has 4 heterocycles. The summed E-state index contributed by atoms with van der Waals surface area (Å²) < 4.78 is 15.1. The van der Waals surface area contributed by atoms with Crippen LogP contribution in [-0.4, -0.2) is 51.7 Å². The van der Waals surface area contributed by atoms with Crippen LogP contribution in [0.5, 0.6) is 0 Å². The summed E-state index contributed by atoms with van der Waals surface area (Å²) in [5.41, 5.74) is 5.76. The molecule has 1 aliphatic heterocycles. The average molecular weight is 452 g/mol. The van der Waals surface area contributed by atoms with Crippen LogP contribution in [0.2, 0.25) is 5.02 Å². The lowest BCUT2D eigenvalue weighted by atomic mass is 10.1. The van der Waals surface area contributed by atoms with E-state index < -0.39 is 11.7 Å². The predicted molar refractivity (Wildman–Crippen MR) is 121 cm³/mol. The number of hydrogen-bond donors (Lipinski definition) is 2. The molecule has 1 aromatic carbocycles. The van der Waals surface area contributed by atoms with Crippen LogP contribution >= 0.6 is 11.6 Å². The third-order valence-electron chi connectivity index (χ3n) is 5.30. The minimum Gasteiger partial charge on any atom is -0.338 e. The summed E-state index contributed by atoms with van der Waals surface area (Å²) in [6.07, 6.45) is 6.95. The summed E-state index contributed by atoms with van der Waals surface area (Å²) in [5, 5.41) is 3.47. The number of benzene rings is 1. The Morgan fingerprint density at radius 3 is 2.56 bits per heavy atom. The van der Waals surface area contributed by atoms with Crippen molar-refractivity contribution in [3.8, 4) is 11.1 Å². The van der Waals surface area contributed by atoms with Crippen LogP contribution in [-0.2, 0) is 0 Å². The second kappa shape index (κ2) is 8.52. The Balaban J connectivity index is 1.41. The standard InChI is InChI=1S/C22H19ClFN7O/c23-18-2-1-16(24)10-17(18)21(32)29-31-6-3-19-20(31)9-14(11-26-19)15-12-27-22(28-13-15)30-7-4-25-5-8-30/h1-3,6,9-13,25H,4-5,7-8H2,(H,29,32). The predicted octanol–water partition coefficient (Wildman–Crippen LogP) is 3.08. The lowest BCUT2D eigenvalue weighted by molar-refractivity contribution is 0.101. The number of fused-ring (bicyclic) bond motifs is 1. The van der Waals surface area contributed by atoms with Crippen molar-refractivity contribution in [2.75, 3.05) is 36.5 Å². The van der Waals surface area contributed by atoms with Gasteiger partial charge in [0.15, 0.2) is 0 Å². The van der Waals surface area contributed by atoms with Crippen molar-refractivity contribution >= 4 is 34.5 Å². The molecule has 162 valence electrons. The third-order valence-corrected chi connectivity index (χ3v) is 5.63. The van der Waals surface area contributed by atoms with Gasteiger partial charge in [0.05, 0.1) is 21.6 Å². The number of piperazine rings is 1. The highest BCUT2D eigenvalue weighted by molar-refractivity contribution is 6.34. The van der Waals surface area contributed by atoms with Crippen molar-refractivity contribution in [1.29, 1.82) is 0 Å². The van der Waals surface area contributed by atoms with Crippen molar-refractivity contribution in [1.82, 2.24) is 24.9 Å². The minimum absolute atomic E-state index is 0.0505. The van der Waals surface area contributed by atoms with E-state index in [2.05, 4.69) is 30.6 Å². The first-order valence-corrected chi connectivity index (χ1v) is 10.5. The molecule has 0 atom stereocenters. The zero-order chi connectivity index (χ0) is 22.1. The van der Waals surface area contributed by atoms with Crippen LogP contribution in [0.15, 0.2) is 55.1 Å². The summed E-state index contributed by atoms with van der Waals surface area (Å²) in [6, 6.07) is 7.32. The van der Waals surface area contributed by atoms with E-state index in [1.54, 1.807) is 30.9 Å².